The Labute approximate surface area is 211 Å². The summed E-state index contributed by atoms with van der Waals surface area (Å²) in [6.07, 6.45) is 0. The summed E-state index contributed by atoms with van der Waals surface area (Å²) in [5.41, 5.74) is 4.29. The van der Waals surface area contributed by atoms with E-state index in [0.29, 0.717) is 29.2 Å². The van der Waals surface area contributed by atoms with Gasteiger partial charge >= 0.3 is 0 Å². The van der Waals surface area contributed by atoms with Crippen LogP contribution in [0, 0.1) is 0 Å². The fraction of sp³-hybridized carbons (Fsp3) is 0.172. The maximum atomic E-state index is 6.11. The Kier molecular flexibility index (Phi) is 7.99. The lowest BCUT2D eigenvalue weighted by Crippen LogP contribution is -2.11. The Hall–Kier alpha value is -3.14. The van der Waals surface area contributed by atoms with Gasteiger partial charge in [0.25, 0.3) is 0 Å². The summed E-state index contributed by atoms with van der Waals surface area (Å²) >= 11 is 12.2. The van der Waals surface area contributed by atoms with E-state index in [0.717, 1.165) is 28.6 Å². The molecule has 0 radical (unpaired) electrons. The zero-order valence-electron chi connectivity index (χ0n) is 19.2. The lowest BCUT2D eigenvalue weighted by Gasteiger charge is -2.25. The fourth-order valence-electron chi connectivity index (χ4n) is 3.59. The van der Waals surface area contributed by atoms with Crippen LogP contribution in [0.3, 0.4) is 0 Å². The molecule has 0 unspecified atom stereocenters. The van der Waals surface area contributed by atoms with Gasteiger partial charge in [-0.05, 0) is 96.4 Å². The second kappa shape index (κ2) is 11.3. The van der Waals surface area contributed by atoms with Gasteiger partial charge < -0.3 is 14.4 Å². The van der Waals surface area contributed by atoms with Gasteiger partial charge in [-0.2, -0.15) is 0 Å². The van der Waals surface area contributed by atoms with E-state index < -0.39 is 0 Å². The average Bonchev–Trinajstić information content (AvgIpc) is 2.85. The van der Waals surface area contributed by atoms with Crippen molar-refractivity contribution in [3.8, 4) is 11.5 Å². The van der Waals surface area contributed by atoms with Crippen molar-refractivity contribution in [2.75, 3.05) is 18.1 Å². The van der Waals surface area contributed by atoms with E-state index in [-0.39, 0.29) is 0 Å². The van der Waals surface area contributed by atoms with Crippen molar-refractivity contribution in [3.63, 3.8) is 0 Å². The van der Waals surface area contributed by atoms with Gasteiger partial charge in [-0.3, -0.25) is 0 Å². The van der Waals surface area contributed by atoms with Crippen LogP contribution in [0.25, 0.3) is 0 Å². The van der Waals surface area contributed by atoms with E-state index in [1.54, 1.807) is 0 Å². The molecular formula is C29H27Cl2NO2. The molecule has 0 heterocycles. The average molecular weight is 492 g/mol. The number of benzene rings is 4. The maximum Gasteiger partial charge on any atom is 0.122 e. The highest BCUT2D eigenvalue weighted by Gasteiger charge is 2.12. The van der Waals surface area contributed by atoms with Crippen LogP contribution in [0.5, 0.6) is 11.5 Å². The standard InChI is InChI=1S/C29H27Cl2NO2/c1-21(2)22-3-15-28(16-4-22)33-19-20-34-29-17-13-27(14-18-29)32(25-9-5-23(30)6-10-25)26-11-7-24(31)8-12-26/h3-18,21H,19-20H2,1-2H3. The second-order valence-corrected chi connectivity index (χ2v) is 9.08. The van der Waals surface area contributed by atoms with Gasteiger partial charge in [-0.15, -0.1) is 0 Å². The number of hydrogen-bond donors (Lipinski definition) is 0. The molecule has 4 aromatic carbocycles. The predicted octanol–water partition coefficient (Wildman–Crippen LogP) is 9.04. The smallest absolute Gasteiger partial charge is 0.122 e. The highest BCUT2D eigenvalue weighted by Crippen LogP contribution is 2.36. The van der Waals surface area contributed by atoms with Crippen molar-refractivity contribution in [1.29, 1.82) is 0 Å². The minimum atomic E-state index is 0.462. The zero-order valence-corrected chi connectivity index (χ0v) is 20.8. The largest absolute Gasteiger partial charge is 0.490 e. The van der Waals surface area contributed by atoms with Crippen molar-refractivity contribution in [2.45, 2.75) is 19.8 Å². The molecule has 0 aromatic heterocycles. The predicted molar refractivity (Wildman–Crippen MR) is 143 cm³/mol. The summed E-state index contributed by atoms with van der Waals surface area (Å²) < 4.78 is 11.7. The Balaban J connectivity index is 1.40. The van der Waals surface area contributed by atoms with Crippen LogP contribution < -0.4 is 14.4 Å². The lowest BCUT2D eigenvalue weighted by molar-refractivity contribution is 0.217. The first kappa shape index (κ1) is 24.0. The molecule has 0 aliphatic carbocycles. The minimum absolute atomic E-state index is 0.462. The number of hydrogen-bond acceptors (Lipinski definition) is 3. The van der Waals surface area contributed by atoms with Gasteiger partial charge in [-0.25, -0.2) is 0 Å². The first-order valence-electron chi connectivity index (χ1n) is 11.3. The first-order chi connectivity index (χ1) is 16.5. The highest BCUT2D eigenvalue weighted by molar-refractivity contribution is 6.31. The van der Waals surface area contributed by atoms with E-state index >= 15 is 0 Å². The molecule has 5 heteroatoms. The molecule has 0 saturated carbocycles. The van der Waals surface area contributed by atoms with Crippen molar-refractivity contribution >= 4 is 40.3 Å². The topological polar surface area (TPSA) is 21.7 Å². The van der Waals surface area contributed by atoms with Crippen molar-refractivity contribution in [3.05, 3.63) is 113 Å². The summed E-state index contributed by atoms with van der Waals surface area (Å²) in [5, 5.41) is 1.39. The third kappa shape index (κ3) is 6.25. The van der Waals surface area contributed by atoms with E-state index in [9.17, 15) is 0 Å². The van der Waals surface area contributed by atoms with Gasteiger partial charge in [-0.1, -0.05) is 49.2 Å². The first-order valence-corrected chi connectivity index (χ1v) is 12.0. The number of halogens is 2. The Morgan fingerprint density at radius 3 is 1.29 bits per heavy atom. The van der Waals surface area contributed by atoms with Crippen LogP contribution in [0.4, 0.5) is 17.1 Å². The van der Waals surface area contributed by atoms with Crippen molar-refractivity contribution < 1.29 is 9.47 Å². The molecular weight excluding hydrogens is 465 g/mol. The molecule has 0 aliphatic heterocycles. The maximum absolute atomic E-state index is 6.11. The molecule has 0 amide bonds. The molecule has 174 valence electrons. The zero-order chi connectivity index (χ0) is 23.9. The molecule has 34 heavy (non-hydrogen) atoms. The van der Waals surface area contributed by atoms with Gasteiger partial charge in [0.1, 0.15) is 24.7 Å². The normalized spacial score (nSPS) is 10.9. The van der Waals surface area contributed by atoms with Crippen LogP contribution in [0.15, 0.2) is 97.1 Å². The summed E-state index contributed by atoms with van der Waals surface area (Å²) in [6, 6.07) is 31.7. The SMILES string of the molecule is CC(C)c1ccc(OCCOc2ccc(N(c3ccc(Cl)cc3)c3ccc(Cl)cc3)cc2)cc1. The van der Waals surface area contributed by atoms with Gasteiger partial charge in [0, 0.05) is 27.1 Å². The molecule has 0 spiro atoms. The molecule has 4 aromatic rings. The van der Waals surface area contributed by atoms with Crippen LogP contribution >= 0.6 is 23.2 Å². The van der Waals surface area contributed by atoms with E-state index in [1.807, 2.05) is 84.9 Å². The van der Waals surface area contributed by atoms with Crippen molar-refractivity contribution in [2.24, 2.45) is 0 Å². The third-order valence-electron chi connectivity index (χ3n) is 5.43. The second-order valence-electron chi connectivity index (χ2n) is 8.20. The summed E-state index contributed by atoms with van der Waals surface area (Å²) in [5.74, 6) is 2.15. The van der Waals surface area contributed by atoms with E-state index in [2.05, 4.69) is 30.9 Å². The third-order valence-corrected chi connectivity index (χ3v) is 5.94. The van der Waals surface area contributed by atoms with Crippen LogP contribution in [-0.4, -0.2) is 13.2 Å². The van der Waals surface area contributed by atoms with E-state index in [4.69, 9.17) is 32.7 Å². The molecule has 0 bridgehead atoms. The molecule has 4 rings (SSSR count). The molecule has 0 N–H and O–H groups in total. The van der Waals surface area contributed by atoms with Crippen molar-refractivity contribution in [1.82, 2.24) is 0 Å². The quantitative estimate of drug-likeness (QED) is 0.218. The number of anilines is 3. The molecule has 3 nitrogen and oxygen atoms in total. The number of rotatable bonds is 9. The summed E-state index contributed by atoms with van der Waals surface area (Å²) in [7, 11) is 0. The van der Waals surface area contributed by atoms with Crippen LogP contribution in [0.1, 0.15) is 25.3 Å². The Morgan fingerprint density at radius 2 is 0.912 bits per heavy atom. The monoisotopic (exact) mass is 491 g/mol. The fourth-order valence-corrected chi connectivity index (χ4v) is 3.84. The Bertz CT molecular complexity index is 1130. The number of nitrogens with zero attached hydrogens (tertiary/aromatic N) is 1. The summed E-state index contributed by atoms with van der Waals surface area (Å²) in [6.45, 7) is 5.30. The lowest BCUT2D eigenvalue weighted by atomic mass is 10.0. The molecule has 0 fully saturated rings. The highest BCUT2D eigenvalue weighted by atomic mass is 35.5. The van der Waals surface area contributed by atoms with Crippen LogP contribution in [-0.2, 0) is 0 Å². The van der Waals surface area contributed by atoms with Gasteiger partial charge in [0.05, 0.1) is 0 Å². The minimum Gasteiger partial charge on any atom is -0.490 e. The number of ether oxygens (including phenoxy) is 2. The van der Waals surface area contributed by atoms with E-state index in [1.165, 1.54) is 5.56 Å². The van der Waals surface area contributed by atoms with Gasteiger partial charge in [0.2, 0.25) is 0 Å². The molecule has 0 saturated heterocycles. The molecule has 0 aliphatic rings. The summed E-state index contributed by atoms with van der Waals surface area (Å²) in [4.78, 5) is 2.14. The van der Waals surface area contributed by atoms with Gasteiger partial charge in [0.15, 0.2) is 0 Å². The van der Waals surface area contributed by atoms with Crippen LogP contribution in [0.2, 0.25) is 10.0 Å². The Morgan fingerprint density at radius 1 is 0.559 bits per heavy atom. The molecule has 0 atom stereocenters.